The molecule has 0 aromatic heterocycles. The quantitative estimate of drug-likeness (QED) is 0.766. The average Bonchev–Trinajstić information content (AvgIpc) is 3.09. The monoisotopic (exact) mass is 219 g/mol. The van der Waals surface area contributed by atoms with Crippen LogP contribution in [-0.2, 0) is 6.54 Å². The van der Waals surface area contributed by atoms with Gasteiger partial charge in [0, 0.05) is 18.2 Å². The summed E-state index contributed by atoms with van der Waals surface area (Å²) in [5.74, 6) is 2.25. The van der Waals surface area contributed by atoms with Gasteiger partial charge in [-0.25, -0.2) is 4.39 Å². The molecule has 0 radical (unpaired) electrons. The number of ether oxygens (including phenoxy) is 1. The first kappa shape index (κ1) is 11.0. The van der Waals surface area contributed by atoms with Crippen LogP contribution in [0.3, 0.4) is 0 Å². The molecule has 0 unspecified atom stereocenters. The molecule has 1 N–H and O–H groups in total. The molecule has 16 heavy (non-hydrogen) atoms. The highest BCUT2D eigenvalue weighted by Gasteiger charge is 2.21. The molecule has 84 valence electrons. The van der Waals surface area contributed by atoms with E-state index in [1.807, 2.05) is 6.07 Å². The number of hydrogen-bond acceptors (Lipinski definition) is 2. The molecule has 3 heteroatoms. The van der Waals surface area contributed by atoms with E-state index in [9.17, 15) is 4.39 Å². The first-order valence-corrected chi connectivity index (χ1v) is 5.38. The van der Waals surface area contributed by atoms with Gasteiger partial charge in [-0.1, -0.05) is 18.1 Å². The molecule has 0 spiro atoms. The minimum absolute atomic E-state index is 0.0946. The Balaban J connectivity index is 2.07. The second kappa shape index (κ2) is 5.00. The van der Waals surface area contributed by atoms with E-state index in [2.05, 4.69) is 11.2 Å². The lowest BCUT2D eigenvalue weighted by Gasteiger charge is -2.11. The van der Waals surface area contributed by atoms with Crippen molar-refractivity contribution in [1.29, 1.82) is 0 Å². The normalized spacial score (nSPS) is 14.5. The van der Waals surface area contributed by atoms with Crippen molar-refractivity contribution in [2.75, 3.05) is 6.61 Å². The van der Waals surface area contributed by atoms with Gasteiger partial charge in [-0.3, -0.25) is 0 Å². The maximum atomic E-state index is 13.5. The molecule has 1 aliphatic carbocycles. The third-order valence-electron chi connectivity index (χ3n) is 2.51. The van der Waals surface area contributed by atoms with Gasteiger partial charge < -0.3 is 10.1 Å². The zero-order chi connectivity index (χ0) is 11.4. The Morgan fingerprint density at radius 3 is 3.00 bits per heavy atom. The van der Waals surface area contributed by atoms with Crippen LogP contribution in [0, 0.1) is 18.2 Å². The Labute approximate surface area is 94.8 Å². The summed E-state index contributed by atoms with van der Waals surface area (Å²) in [7, 11) is 0. The second-order valence-corrected chi connectivity index (χ2v) is 3.88. The van der Waals surface area contributed by atoms with Crippen LogP contribution in [0.2, 0.25) is 0 Å². The third-order valence-corrected chi connectivity index (χ3v) is 2.51. The van der Waals surface area contributed by atoms with E-state index in [-0.39, 0.29) is 18.2 Å². The van der Waals surface area contributed by atoms with Gasteiger partial charge in [0.2, 0.25) is 0 Å². The van der Waals surface area contributed by atoms with Gasteiger partial charge in [-0.05, 0) is 18.9 Å². The van der Waals surface area contributed by atoms with Crippen LogP contribution in [0.5, 0.6) is 5.75 Å². The Bertz CT molecular complexity index is 407. The molecule has 1 fully saturated rings. The van der Waals surface area contributed by atoms with Gasteiger partial charge in [-0.15, -0.1) is 6.42 Å². The third kappa shape index (κ3) is 2.74. The fourth-order valence-electron chi connectivity index (χ4n) is 1.51. The Morgan fingerprint density at radius 1 is 1.50 bits per heavy atom. The summed E-state index contributed by atoms with van der Waals surface area (Å²) in [5, 5.41) is 3.32. The summed E-state index contributed by atoms with van der Waals surface area (Å²) in [6.45, 7) is 0.722. The van der Waals surface area contributed by atoms with Gasteiger partial charge >= 0.3 is 0 Å². The van der Waals surface area contributed by atoms with Crippen LogP contribution < -0.4 is 10.1 Å². The van der Waals surface area contributed by atoms with Crippen LogP contribution in [0.25, 0.3) is 0 Å². The van der Waals surface area contributed by atoms with E-state index in [1.165, 1.54) is 18.9 Å². The van der Waals surface area contributed by atoms with Gasteiger partial charge in [0.15, 0.2) is 11.6 Å². The lowest BCUT2D eigenvalue weighted by atomic mass is 10.2. The van der Waals surface area contributed by atoms with Crippen molar-refractivity contribution in [3.8, 4) is 18.1 Å². The van der Waals surface area contributed by atoms with E-state index in [4.69, 9.17) is 11.2 Å². The lowest BCUT2D eigenvalue weighted by molar-refractivity contribution is 0.342. The summed E-state index contributed by atoms with van der Waals surface area (Å²) in [6.07, 6.45) is 7.50. The molecule has 1 aliphatic rings. The highest BCUT2D eigenvalue weighted by molar-refractivity contribution is 5.35. The number of benzene rings is 1. The molecule has 0 saturated heterocycles. The summed E-state index contributed by atoms with van der Waals surface area (Å²) >= 11 is 0. The zero-order valence-corrected chi connectivity index (χ0v) is 9.00. The van der Waals surface area contributed by atoms with Gasteiger partial charge in [0.05, 0.1) is 0 Å². The zero-order valence-electron chi connectivity index (χ0n) is 9.00. The maximum Gasteiger partial charge on any atom is 0.165 e. The van der Waals surface area contributed by atoms with Gasteiger partial charge in [0.25, 0.3) is 0 Å². The first-order valence-electron chi connectivity index (χ1n) is 5.38. The van der Waals surface area contributed by atoms with E-state index in [0.717, 1.165) is 5.56 Å². The molecular formula is C13H14FNO. The van der Waals surface area contributed by atoms with Crippen LogP contribution in [0.15, 0.2) is 18.2 Å². The maximum absolute atomic E-state index is 13.5. The molecule has 0 aliphatic heterocycles. The number of nitrogens with one attached hydrogen (secondary N) is 1. The summed E-state index contributed by atoms with van der Waals surface area (Å²) < 4.78 is 18.7. The SMILES string of the molecule is C#CCOc1c(F)cccc1CNC1CC1. The fraction of sp³-hybridized carbons (Fsp3) is 0.385. The predicted molar refractivity (Wildman–Crippen MR) is 60.6 cm³/mol. The van der Waals surface area contributed by atoms with Gasteiger partial charge in [-0.2, -0.15) is 0 Å². The van der Waals surface area contributed by atoms with Crippen LogP contribution >= 0.6 is 0 Å². The largest absolute Gasteiger partial charge is 0.478 e. The van der Waals surface area contributed by atoms with E-state index < -0.39 is 0 Å². The van der Waals surface area contributed by atoms with E-state index in [1.54, 1.807) is 6.07 Å². The Hall–Kier alpha value is -1.53. The average molecular weight is 219 g/mol. The highest BCUT2D eigenvalue weighted by Crippen LogP contribution is 2.25. The minimum atomic E-state index is -0.356. The van der Waals surface area contributed by atoms with Crippen LogP contribution in [-0.4, -0.2) is 12.6 Å². The van der Waals surface area contributed by atoms with Crippen molar-refractivity contribution in [2.24, 2.45) is 0 Å². The number of terminal acetylenes is 1. The van der Waals surface area contributed by atoms with Crippen LogP contribution in [0.4, 0.5) is 4.39 Å². The highest BCUT2D eigenvalue weighted by atomic mass is 19.1. The molecule has 1 aromatic rings. The van der Waals surface area contributed by atoms with E-state index in [0.29, 0.717) is 12.6 Å². The predicted octanol–water partition coefficient (Wildman–Crippen LogP) is 2.09. The summed E-state index contributed by atoms with van der Waals surface area (Å²) in [5.41, 5.74) is 0.821. The molecular weight excluding hydrogens is 205 g/mol. The van der Waals surface area contributed by atoms with Crippen molar-refractivity contribution in [1.82, 2.24) is 5.32 Å². The number of rotatable bonds is 5. The van der Waals surface area contributed by atoms with Crippen molar-refractivity contribution in [3.05, 3.63) is 29.6 Å². The second-order valence-electron chi connectivity index (χ2n) is 3.88. The van der Waals surface area contributed by atoms with Gasteiger partial charge in [0.1, 0.15) is 6.61 Å². The molecule has 0 bridgehead atoms. The molecule has 0 heterocycles. The Kier molecular flexibility index (Phi) is 3.43. The molecule has 1 saturated carbocycles. The van der Waals surface area contributed by atoms with Crippen molar-refractivity contribution >= 4 is 0 Å². The summed E-state index contributed by atoms with van der Waals surface area (Å²) in [6, 6.07) is 5.50. The van der Waals surface area contributed by atoms with E-state index >= 15 is 0 Å². The van der Waals surface area contributed by atoms with Crippen molar-refractivity contribution in [3.63, 3.8) is 0 Å². The Morgan fingerprint density at radius 2 is 2.31 bits per heavy atom. The first-order chi connectivity index (χ1) is 7.81. The fourth-order valence-corrected chi connectivity index (χ4v) is 1.51. The molecule has 0 amide bonds. The molecule has 2 rings (SSSR count). The smallest absolute Gasteiger partial charge is 0.165 e. The molecule has 1 aromatic carbocycles. The van der Waals surface area contributed by atoms with Crippen molar-refractivity contribution < 1.29 is 9.13 Å². The molecule has 2 nitrogen and oxygen atoms in total. The standard InChI is InChI=1S/C13H14FNO/c1-2-8-16-13-10(4-3-5-12(13)14)9-15-11-6-7-11/h1,3-5,11,15H,6-9H2. The minimum Gasteiger partial charge on any atom is -0.478 e. The number of hydrogen-bond donors (Lipinski definition) is 1. The summed E-state index contributed by atoms with van der Waals surface area (Å²) in [4.78, 5) is 0. The van der Waals surface area contributed by atoms with Crippen molar-refractivity contribution in [2.45, 2.75) is 25.4 Å². The number of halogens is 1. The lowest BCUT2D eigenvalue weighted by Crippen LogP contribution is -2.16. The topological polar surface area (TPSA) is 21.3 Å². The van der Waals surface area contributed by atoms with Crippen LogP contribution in [0.1, 0.15) is 18.4 Å². The number of para-hydroxylation sites is 1. The molecule has 0 atom stereocenters.